The van der Waals surface area contributed by atoms with Gasteiger partial charge >= 0.3 is 5.97 Å². The largest absolute Gasteiger partial charge is 0.469 e. The van der Waals surface area contributed by atoms with Gasteiger partial charge in [-0.2, -0.15) is 0 Å². The van der Waals surface area contributed by atoms with Crippen molar-refractivity contribution in [2.24, 2.45) is 0 Å². The Morgan fingerprint density at radius 3 is 2.59 bits per heavy atom. The smallest absolute Gasteiger partial charge is 0.305 e. The second-order valence-electron chi connectivity index (χ2n) is 3.33. The first kappa shape index (κ1) is 15.3. The first-order valence-corrected chi connectivity index (χ1v) is 5.39. The molecular formula is C13H17FO3. The van der Waals surface area contributed by atoms with E-state index in [1.54, 1.807) is 12.1 Å². The summed E-state index contributed by atoms with van der Waals surface area (Å²) >= 11 is 0. The highest BCUT2D eigenvalue weighted by Crippen LogP contribution is 2.02. The summed E-state index contributed by atoms with van der Waals surface area (Å²) < 4.78 is 16.7. The van der Waals surface area contributed by atoms with Crippen LogP contribution in [0, 0.1) is 5.82 Å². The Labute approximate surface area is 101 Å². The maximum absolute atomic E-state index is 12.4. The number of hydrogen-bond donors (Lipinski definition) is 0. The second kappa shape index (κ2) is 9.51. The third kappa shape index (κ3) is 8.13. The maximum Gasteiger partial charge on any atom is 0.305 e. The zero-order valence-corrected chi connectivity index (χ0v) is 10.1. The van der Waals surface area contributed by atoms with E-state index in [0.29, 0.717) is 6.42 Å². The van der Waals surface area contributed by atoms with E-state index in [4.69, 9.17) is 0 Å². The van der Waals surface area contributed by atoms with Crippen LogP contribution >= 0.6 is 0 Å². The van der Waals surface area contributed by atoms with E-state index < -0.39 is 0 Å². The average Bonchev–Trinajstić information content (AvgIpc) is 2.30. The molecule has 0 aromatic heterocycles. The van der Waals surface area contributed by atoms with E-state index in [-0.39, 0.29) is 18.2 Å². The van der Waals surface area contributed by atoms with Gasteiger partial charge in [-0.25, -0.2) is 4.39 Å². The number of aldehydes is 1. The van der Waals surface area contributed by atoms with Gasteiger partial charge in [-0.05, 0) is 24.1 Å². The summed E-state index contributed by atoms with van der Waals surface area (Å²) in [6, 6.07) is 6.02. The lowest BCUT2D eigenvalue weighted by molar-refractivity contribution is -0.140. The molecule has 0 radical (unpaired) electrons. The number of hydrogen-bond acceptors (Lipinski definition) is 3. The molecule has 0 aliphatic carbocycles. The van der Waals surface area contributed by atoms with Crippen LogP contribution in [0.1, 0.15) is 25.3 Å². The lowest BCUT2D eigenvalue weighted by atomic mass is 10.2. The summed E-state index contributed by atoms with van der Waals surface area (Å²) in [5.41, 5.74) is 0.718. The highest BCUT2D eigenvalue weighted by Gasteiger charge is 1.93. The van der Waals surface area contributed by atoms with Crippen LogP contribution in [0.5, 0.6) is 0 Å². The van der Waals surface area contributed by atoms with Gasteiger partial charge in [0, 0.05) is 12.8 Å². The van der Waals surface area contributed by atoms with E-state index in [1.807, 2.05) is 6.92 Å². The molecule has 0 unspecified atom stereocenters. The van der Waals surface area contributed by atoms with Crippen LogP contribution in [0.15, 0.2) is 24.3 Å². The zero-order valence-electron chi connectivity index (χ0n) is 10.1. The number of methoxy groups -OCH3 is 1. The van der Waals surface area contributed by atoms with Gasteiger partial charge in [0.05, 0.1) is 7.11 Å². The molecule has 94 valence electrons. The predicted octanol–water partition coefficient (Wildman–Crippen LogP) is 2.53. The summed E-state index contributed by atoms with van der Waals surface area (Å²) in [6.07, 6.45) is 2.45. The molecule has 0 aliphatic heterocycles. The fourth-order valence-corrected chi connectivity index (χ4v) is 1.07. The van der Waals surface area contributed by atoms with E-state index in [0.717, 1.165) is 18.3 Å². The van der Waals surface area contributed by atoms with Crippen molar-refractivity contribution in [2.75, 3.05) is 7.11 Å². The Morgan fingerprint density at radius 2 is 2.18 bits per heavy atom. The number of rotatable bonds is 4. The Kier molecular flexibility index (Phi) is 8.55. The molecule has 1 aromatic carbocycles. The molecule has 0 heterocycles. The Hall–Kier alpha value is -1.71. The third-order valence-electron chi connectivity index (χ3n) is 1.89. The average molecular weight is 240 g/mol. The first-order valence-electron chi connectivity index (χ1n) is 5.39. The van der Waals surface area contributed by atoms with E-state index in [2.05, 4.69) is 4.74 Å². The van der Waals surface area contributed by atoms with Gasteiger partial charge < -0.3 is 9.53 Å². The summed E-state index contributed by atoms with van der Waals surface area (Å²) in [6.45, 7) is 1.94. The lowest BCUT2D eigenvalue weighted by Crippen LogP contribution is -1.97. The lowest BCUT2D eigenvalue weighted by Gasteiger charge is -1.92. The van der Waals surface area contributed by atoms with Gasteiger partial charge in [0.1, 0.15) is 12.1 Å². The van der Waals surface area contributed by atoms with Crippen molar-refractivity contribution >= 4 is 12.3 Å². The fourth-order valence-electron chi connectivity index (χ4n) is 1.07. The maximum atomic E-state index is 12.4. The molecule has 1 rings (SSSR count). The van der Waals surface area contributed by atoms with Gasteiger partial charge in [-0.3, -0.25) is 4.79 Å². The summed E-state index contributed by atoms with van der Waals surface area (Å²) in [5, 5.41) is 0. The molecule has 0 amide bonds. The van der Waals surface area contributed by atoms with Gasteiger partial charge in [-0.1, -0.05) is 19.1 Å². The van der Waals surface area contributed by atoms with E-state index >= 15 is 0 Å². The van der Waals surface area contributed by atoms with Crippen molar-refractivity contribution in [1.29, 1.82) is 0 Å². The summed E-state index contributed by atoms with van der Waals surface area (Å²) in [5.74, 6) is -0.415. The molecule has 17 heavy (non-hydrogen) atoms. The van der Waals surface area contributed by atoms with E-state index in [1.165, 1.54) is 19.2 Å². The van der Waals surface area contributed by atoms with Crippen molar-refractivity contribution < 1.29 is 18.7 Å². The van der Waals surface area contributed by atoms with Crippen molar-refractivity contribution in [3.05, 3.63) is 35.6 Å². The van der Waals surface area contributed by atoms with Crippen LogP contribution < -0.4 is 0 Å². The Morgan fingerprint density at radius 1 is 1.47 bits per heavy atom. The minimum absolute atomic E-state index is 0.123. The number of halogens is 1. The van der Waals surface area contributed by atoms with Crippen LogP contribution in [-0.2, 0) is 20.7 Å². The van der Waals surface area contributed by atoms with Crippen molar-refractivity contribution in [1.82, 2.24) is 0 Å². The fraction of sp³-hybridized carbons (Fsp3) is 0.385. The van der Waals surface area contributed by atoms with Crippen LogP contribution in [0.4, 0.5) is 4.39 Å². The van der Waals surface area contributed by atoms with Gasteiger partial charge in [-0.15, -0.1) is 0 Å². The number of carbonyl (C=O) groups is 2. The van der Waals surface area contributed by atoms with Gasteiger partial charge in [0.25, 0.3) is 0 Å². The van der Waals surface area contributed by atoms with Crippen LogP contribution in [-0.4, -0.2) is 19.4 Å². The van der Waals surface area contributed by atoms with E-state index in [9.17, 15) is 14.0 Å². The molecule has 3 nitrogen and oxygen atoms in total. The SMILES string of the molecule is CCCC(=O)OC.O=CCc1cccc(F)c1. The highest BCUT2D eigenvalue weighted by atomic mass is 19.1. The Balaban J connectivity index is 0.000000325. The zero-order chi connectivity index (χ0) is 13.1. The predicted molar refractivity (Wildman–Crippen MR) is 63.1 cm³/mol. The minimum Gasteiger partial charge on any atom is -0.469 e. The van der Waals surface area contributed by atoms with Gasteiger partial charge in [0.15, 0.2) is 0 Å². The number of ether oxygens (including phenoxy) is 1. The number of esters is 1. The third-order valence-corrected chi connectivity index (χ3v) is 1.89. The molecule has 0 bridgehead atoms. The molecule has 1 aromatic rings. The normalized spacial score (nSPS) is 8.88. The molecule has 0 atom stereocenters. The molecular weight excluding hydrogens is 223 g/mol. The molecule has 0 spiro atoms. The minimum atomic E-state index is -0.292. The molecule has 0 aliphatic rings. The molecule has 0 fully saturated rings. The monoisotopic (exact) mass is 240 g/mol. The van der Waals surface area contributed by atoms with Crippen molar-refractivity contribution in [3.63, 3.8) is 0 Å². The summed E-state index contributed by atoms with van der Waals surface area (Å²) in [7, 11) is 1.40. The number of benzene rings is 1. The van der Waals surface area contributed by atoms with Crippen molar-refractivity contribution in [3.8, 4) is 0 Å². The Bertz CT molecular complexity index is 350. The standard InChI is InChI=1S/C8H7FO.C5H10O2/c9-8-3-1-2-7(6-8)4-5-10;1-3-4-5(6)7-2/h1-3,5-6H,4H2;3-4H2,1-2H3. The topological polar surface area (TPSA) is 43.4 Å². The first-order chi connectivity index (χ1) is 8.13. The summed E-state index contributed by atoms with van der Waals surface area (Å²) in [4.78, 5) is 20.2. The molecule has 0 N–H and O–H groups in total. The van der Waals surface area contributed by atoms with Crippen LogP contribution in [0.25, 0.3) is 0 Å². The second-order valence-corrected chi connectivity index (χ2v) is 3.33. The molecule has 0 saturated heterocycles. The van der Waals surface area contributed by atoms with Crippen molar-refractivity contribution in [2.45, 2.75) is 26.2 Å². The quantitative estimate of drug-likeness (QED) is 0.600. The molecule has 0 saturated carbocycles. The molecule has 4 heteroatoms. The van der Waals surface area contributed by atoms with Crippen LogP contribution in [0.3, 0.4) is 0 Å². The highest BCUT2D eigenvalue weighted by molar-refractivity contribution is 5.68. The number of carbonyl (C=O) groups excluding carboxylic acids is 2. The van der Waals surface area contributed by atoms with Crippen LogP contribution in [0.2, 0.25) is 0 Å². The van der Waals surface area contributed by atoms with Gasteiger partial charge in [0.2, 0.25) is 0 Å².